The summed E-state index contributed by atoms with van der Waals surface area (Å²) in [6.07, 6.45) is 4.58. The second-order valence-electron chi connectivity index (χ2n) is 6.11. The van der Waals surface area contributed by atoms with Gasteiger partial charge in [0.25, 0.3) is 0 Å². The van der Waals surface area contributed by atoms with Gasteiger partial charge in [0.15, 0.2) is 9.84 Å². The van der Waals surface area contributed by atoms with Crippen molar-refractivity contribution in [2.45, 2.75) is 23.6 Å². The Hall–Kier alpha value is -3.07. The van der Waals surface area contributed by atoms with Crippen LogP contribution in [0.25, 0.3) is 5.69 Å². The summed E-state index contributed by atoms with van der Waals surface area (Å²) in [6.45, 7) is 1.21. The van der Waals surface area contributed by atoms with E-state index in [2.05, 4.69) is 10.3 Å². The van der Waals surface area contributed by atoms with Crippen LogP contribution >= 0.6 is 0 Å². The van der Waals surface area contributed by atoms with E-state index < -0.39 is 32.6 Å². The monoisotopic (exact) mass is 405 g/mol. The van der Waals surface area contributed by atoms with E-state index in [-0.39, 0.29) is 11.4 Å². The van der Waals surface area contributed by atoms with E-state index in [1.807, 2.05) is 0 Å². The summed E-state index contributed by atoms with van der Waals surface area (Å²) < 4.78 is 53.7. The highest BCUT2D eigenvalue weighted by atomic mass is 32.2. The molecule has 146 valence electrons. The van der Waals surface area contributed by atoms with E-state index in [1.165, 1.54) is 36.1 Å². The van der Waals surface area contributed by atoms with Gasteiger partial charge in [-0.15, -0.1) is 0 Å². The van der Waals surface area contributed by atoms with Crippen LogP contribution in [0.5, 0.6) is 0 Å². The van der Waals surface area contributed by atoms with E-state index in [0.29, 0.717) is 11.3 Å². The maximum absolute atomic E-state index is 14.3. The molecule has 0 saturated heterocycles. The third-order valence-electron chi connectivity index (χ3n) is 4.24. The van der Waals surface area contributed by atoms with Crippen LogP contribution in [0.3, 0.4) is 0 Å². The molecule has 6 nitrogen and oxygen atoms in total. The average molecular weight is 405 g/mol. The van der Waals surface area contributed by atoms with E-state index in [1.54, 1.807) is 12.3 Å². The molecular formula is C19H17F2N3O3S. The predicted octanol–water partition coefficient (Wildman–Crippen LogP) is 2.63. The number of hydrogen-bond donors (Lipinski definition) is 1. The molecule has 0 bridgehead atoms. The van der Waals surface area contributed by atoms with Crippen molar-refractivity contribution in [3.63, 3.8) is 0 Å². The summed E-state index contributed by atoms with van der Waals surface area (Å²) >= 11 is 0. The molecule has 0 aliphatic carbocycles. The first-order valence-corrected chi connectivity index (χ1v) is 9.87. The number of aromatic nitrogens is 2. The molecule has 0 saturated carbocycles. The Balaban J connectivity index is 1.68. The molecule has 1 amide bonds. The fourth-order valence-corrected chi connectivity index (χ4v) is 3.86. The lowest BCUT2D eigenvalue weighted by Crippen LogP contribution is -2.37. The van der Waals surface area contributed by atoms with Gasteiger partial charge in [0, 0.05) is 18.9 Å². The van der Waals surface area contributed by atoms with Crippen molar-refractivity contribution in [1.29, 1.82) is 0 Å². The highest BCUT2D eigenvalue weighted by Gasteiger charge is 2.29. The van der Waals surface area contributed by atoms with Crippen LogP contribution in [0.1, 0.15) is 12.5 Å². The number of hydrogen-bond acceptors (Lipinski definition) is 4. The lowest BCUT2D eigenvalue weighted by Gasteiger charge is -2.14. The Bertz CT molecular complexity index is 1080. The molecule has 0 aliphatic rings. The highest BCUT2D eigenvalue weighted by Crippen LogP contribution is 2.18. The topological polar surface area (TPSA) is 81.1 Å². The number of carbonyl (C=O) groups is 1. The first-order chi connectivity index (χ1) is 13.3. The van der Waals surface area contributed by atoms with Crippen LogP contribution in [-0.4, -0.2) is 29.1 Å². The number of nitrogens with zero attached hydrogens (tertiary/aromatic N) is 2. The van der Waals surface area contributed by atoms with E-state index >= 15 is 0 Å². The molecule has 1 N–H and O–H groups in total. The third kappa shape index (κ3) is 4.09. The molecule has 1 heterocycles. The number of nitrogens with one attached hydrogen (secondary N) is 1. The number of halogens is 2. The smallest absolute Gasteiger partial charge is 0.238 e. The minimum Gasteiger partial charge on any atom is -0.351 e. The summed E-state index contributed by atoms with van der Waals surface area (Å²) in [5, 5.41) is 1.11. The molecule has 1 unspecified atom stereocenters. The molecule has 28 heavy (non-hydrogen) atoms. The lowest BCUT2D eigenvalue weighted by atomic mass is 10.2. The zero-order chi connectivity index (χ0) is 20.3. The van der Waals surface area contributed by atoms with Crippen molar-refractivity contribution in [3.05, 3.63) is 78.4 Å². The van der Waals surface area contributed by atoms with Gasteiger partial charge in [0.05, 0.1) is 16.9 Å². The molecule has 0 fully saturated rings. The zero-order valence-corrected chi connectivity index (χ0v) is 15.7. The van der Waals surface area contributed by atoms with Gasteiger partial charge < -0.3 is 9.88 Å². The predicted molar refractivity (Wildman–Crippen MR) is 98.4 cm³/mol. The van der Waals surface area contributed by atoms with E-state index in [0.717, 1.165) is 24.3 Å². The largest absolute Gasteiger partial charge is 0.351 e. The fraction of sp³-hybridized carbons (Fsp3) is 0.158. The Labute approximate surface area is 160 Å². The quantitative estimate of drug-likeness (QED) is 0.640. The first-order valence-electron chi connectivity index (χ1n) is 8.33. The van der Waals surface area contributed by atoms with Crippen molar-refractivity contribution < 1.29 is 22.0 Å². The van der Waals surface area contributed by atoms with Crippen LogP contribution in [-0.2, 0) is 21.2 Å². The van der Waals surface area contributed by atoms with Gasteiger partial charge in [0.1, 0.15) is 16.9 Å². The maximum Gasteiger partial charge on any atom is 0.238 e. The maximum atomic E-state index is 14.3. The number of sulfone groups is 1. The average Bonchev–Trinajstić information content (AvgIpc) is 3.20. The summed E-state index contributed by atoms with van der Waals surface area (Å²) in [5.74, 6) is -1.81. The number of rotatable bonds is 6. The molecule has 2 aromatic carbocycles. The number of benzene rings is 2. The molecule has 0 spiro atoms. The fourth-order valence-electron chi connectivity index (χ4n) is 2.57. The van der Waals surface area contributed by atoms with Crippen molar-refractivity contribution >= 4 is 15.7 Å². The zero-order valence-electron chi connectivity index (χ0n) is 14.8. The van der Waals surface area contributed by atoms with Crippen molar-refractivity contribution in [2.75, 3.05) is 0 Å². The minimum atomic E-state index is -3.97. The Morgan fingerprint density at radius 1 is 1.18 bits per heavy atom. The van der Waals surface area contributed by atoms with Crippen LogP contribution in [0.15, 0.2) is 66.1 Å². The molecule has 1 atom stereocenters. The summed E-state index contributed by atoms with van der Waals surface area (Å²) in [7, 11) is -3.97. The molecule has 9 heteroatoms. The van der Waals surface area contributed by atoms with Gasteiger partial charge in [0.2, 0.25) is 5.91 Å². The molecule has 1 aromatic heterocycles. The van der Waals surface area contributed by atoms with Crippen LogP contribution < -0.4 is 5.32 Å². The Morgan fingerprint density at radius 2 is 1.89 bits per heavy atom. The Kier molecular flexibility index (Phi) is 5.55. The normalized spacial score (nSPS) is 12.5. The van der Waals surface area contributed by atoms with Crippen LogP contribution in [0.2, 0.25) is 0 Å². The van der Waals surface area contributed by atoms with Gasteiger partial charge in [-0.3, -0.25) is 4.79 Å². The van der Waals surface area contributed by atoms with Crippen molar-refractivity contribution in [2.24, 2.45) is 0 Å². The lowest BCUT2D eigenvalue weighted by molar-refractivity contribution is -0.120. The molecule has 3 rings (SSSR count). The van der Waals surface area contributed by atoms with Gasteiger partial charge >= 0.3 is 0 Å². The van der Waals surface area contributed by atoms with E-state index in [4.69, 9.17) is 0 Å². The standard InChI is InChI=1S/C19H17F2N3O3S/c1-13(28(26,27)16-5-3-15(20)4-6-16)19(25)23-11-14-2-7-18(17(21)10-14)24-9-8-22-12-24/h2-10,12-13H,11H2,1H3,(H,23,25). The summed E-state index contributed by atoms with van der Waals surface area (Å²) in [6, 6.07) is 8.67. The van der Waals surface area contributed by atoms with Crippen molar-refractivity contribution in [3.8, 4) is 5.69 Å². The highest BCUT2D eigenvalue weighted by molar-refractivity contribution is 7.92. The van der Waals surface area contributed by atoms with Gasteiger partial charge in [-0.25, -0.2) is 22.2 Å². The number of imidazole rings is 1. The van der Waals surface area contributed by atoms with Crippen molar-refractivity contribution in [1.82, 2.24) is 14.9 Å². The first kappa shape index (κ1) is 19.7. The molecular weight excluding hydrogens is 388 g/mol. The van der Waals surface area contributed by atoms with Gasteiger partial charge in [-0.1, -0.05) is 6.07 Å². The van der Waals surface area contributed by atoms with Gasteiger partial charge in [-0.05, 0) is 48.9 Å². The molecule has 0 aliphatic heterocycles. The van der Waals surface area contributed by atoms with Crippen LogP contribution in [0, 0.1) is 11.6 Å². The molecule has 0 radical (unpaired) electrons. The summed E-state index contributed by atoms with van der Waals surface area (Å²) in [5.41, 5.74) is 0.779. The molecule has 3 aromatic rings. The van der Waals surface area contributed by atoms with Gasteiger partial charge in [-0.2, -0.15) is 0 Å². The Morgan fingerprint density at radius 3 is 2.50 bits per heavy atom. The van der Waals surface area contributed by atoms with E-state index in [9.17, 15) is 22.0 Å². The second kappa shape index (κ2) is 7.89. The van der Waals surface area contributed by atoms with Crippen LogP contribution in [0.4, 0.5) is 8.78 Å². The third-order valence-corrected chi connectivity index (χ3v) is 6.31. The SMILES string of the molecule is CC(C(=O)NCc1ccc(-n2ccnc2)c(F)c1)S(=O)(=O)c1ccc(F)cc1. The number of carbonyl (C=O) groups excluding carboxylic acids is 1. The summed E-state index contributed by atoms with van der Waals surface area (Å²) in [4.78, 5) is 16.0. The number of amides is 1. The second-order valence-corrected chi connectivity index (χ2v) is 8.38. The minimum absolute atomic E-state index is 0.0385.